The number of rotatable bonds is 8. The highest BCUT2D eigenvalue weighted by atomic mass is 19.4. The Balaban J connectivity index is 1.79. The highest BCUT2D eigenvalue weighted by Crippen LogP contribution is 2.41. The van der Waals surface area contributed by atoms with Gasteiger partial charge in [0.25, 0.3) is 0 Å². The summed E-state index contributed by atoms with van der Waals surface area (Å²) in [6, 6.07) is 11.6. The van der Waals surface area contributed by atoms with Crippen LogP contribution in [0, 0.1) is 0 Å². The van der Waals surface area contributed by atoms with Crippen molar-refractivity contribution in [2.75, 3.05) is 6.54 Å². The van der Waals surface area contributed by atoms with E-state index >= 15 is 0 Å². The first-order valence-corrected chi connectivity index (χ1v) is 10.1. The van der Waals surface area contributed by atoms with Gasteiger partial charge >= 0.3 is 12.7 Å². The number of ether oxygens (including phenoxy) is 2. The predicted octanol–water partition coefficient (Wildman–Crippen LogP) is 5.80. The molecule has 176 valence electrons. The highest BCUT2D eigenvalue weighted by Gasteiger charge is 2.40. The van der Waals surface area contributed by atoms with Gasteiger partial charge in [0, 0.05) is 36.8 Å². The van der Waals surface area contributed by atoms with Gasteiger partial charge in [-0.3, -0.25) is 4.90 Å². The van der Waals surface area contributed by atoms with E-state index in [2.05, 4.69) is 14.8 Å². The third kappa shape index (κ3) is 6.77. The van der Waals surface area contributed by atoms with Gasteiger partial charge in [-0.2, -0.15) is 0 Å². The first-order valence-electron chi connectivity index (χ1n) is 10.1. The number of alkyl halides is 6. The van der Waals surface area contributed by atoms with Crippen molar-refractivity contribution in [3.05, 3.63) is 59.7 Å². The maximum Gasteiger partial charge on any atom is 0.573 e. The van der Waals surface area contributed by atoms with Crippen LogP contribution in [-0.2, 0) is 6.54 Å². The largest absolute Gasteiger partial charge is 0.573 e. The summed E-state index contributed by atoms with van der Waals surface area (Å²) in [5.74, 6) is -0.593. The molecule has 32 heavy (non-hydrogen) atoms. The summed E-state index contributed by atoms with van der Waals surface area (Å²) in [7, 11) is 0. The molecule has 10 heteroatoms. The van der Waals surface area contributed by atoms with Crippen molar-refractivity contribution in [1.29, 1.82) is 0 Å². The van der Waals surface area contributed by atoms with Crippen LogP contribution in [0.15, 0.2) is 48.5 Å². The molecule has 1 aliphatic rings. The van der Waals surface area contributed by atoms with E-state index in [0.29, 0.717) is 18.5 Å². The lowest BCUT2D eigenvalue weighted by atomic mass is 9.86. The summed E-state index contributed by atoms with van der Waals surface area (Å²) in [5.41, 5.74) is 1.13. The summed E-state index contributed by atoms with van der Waals surface area (Å²) in [6.45, 7) is 4.81. The van der Waals surface area contributed by atoms with E-state index < -0.39 is 12.7 Å². The molecule has 0 aliphatic carbocycles. The van der Waals surface area contributed by atoms with E-state index in [0.717, 1.165) is 5.56 Å². The Hall–Kier alpha value is -2.46. The number of halogens is 6. The van der Waals surface area contributed by atoms with Gasteiger partial charge in [-0.15, -0.1) is 26.3 Å². The minimum absolute atomic E-state index is 0.0486. The van der Waals surface area contributed by atoms with Crippen LogP contribution >= 0.6 is 0 Å². The predicted molar refractivity (Wildman–Crippen MR) is 106 cm³/mol. The standard InChI is InChI=1S/C22H24F6N2O2/c1-14(2)29-12-17-11-19(15-7-9-18(10-8-15)31-21(23,24)25)30(17)13-16-5-3-4-6-20(16)32-22(26,27)28/h3-10,14,17,19,29H,11-13H2,1-2H3/t17-,19+/m0/s1. The molecule has 2 aromatic carbocycles. The van der Waals surface area contributed by atoms with Gasteiger partial charge in [-0.25, -0.2) is 0 Å². The van der Waals surface area contributed by atoms with E-state index in [4.69, 9.17) is 0 Å². The second kappa shape index (κ2) is 9.58. The third-order valence-electron chi connectivity index (χ3n) is 5.18. The Morgan fingerprint density at radius 3 is 2.16 bits per heavy atom. The average Bonchev–Trinajstić information content (AvgIpc) is 2.65. The van der Waals surface area contributed by atoms with Crippen LogP contribution in [-0.4, -0.2) is 36.3 Å². The molecular weight excluding hydrogens is 438 g/mol. The van der Waals surface area contributed by atoms with Gasteiger partial charge in [-0.1, -0.05) is 44.2 Å². The molecule has 0 spiro atoms. The maximum absolute atomic E-state index is 12.8. The maximum atomic E-state index is 12.8. The molecule has 3 rings (SSSR count). The molecule has 1 heterocycles. The summed E-state index contributed by atoms with van der Waals surface area (Å²) in [5, 5.41) is 3.33. The Kier molecular flexibility index (Phi) is 7.24. The fourth-order valence-corrected chi connectivity index (χ4v) is 3.73. The number of hydrogen-bond acceptors (Lipinski definition) is 4. The minimum atomic E-state index is -4.81. The Labute approximate surface area is 182 Å². The van der Waals surface area contributed by atoms with Crippen molar-refractivity contribution < 1.29 is 35.8 Å². The first-order chi connectivity index (χ1) is 14.9. The second-order valence-corrected chi connectivity index (χ2v) is 7.91. The molecule has 4 nitrogen and oxygen atoms in total. The number of likely N-dealkylation sites (tertiary alicyclic amines) is 1. The summed E-state index contributed by atoms with van der Waals surface area (Å²) >= 11 is 0. The molecule has 0 saturated carbocycles. The fraction of sp³-hybridized carbons (Fsp3) is 0.455. The molecule has 2 atom stereocenters. The van der Waals surface area contributed by atoms with Gasteiger partial charge in [-0.05, 0) is 30.2 Å². The van der Waals surface area contributed by atoms with E-state index in [1.54, 1.807) is 24.3 Å². The van der Waals surface area contributed by atoms with E-state index in [1.807, 2.05) is 18.7 Å². The molecule has 0 unspecified atom stereocenters. The average molecular weight is 462 g/mol. The van der Waals surface area contributed by atoms with Crippen LogP contribution in [0.2, 0.25) is 0 Å². The van der Waals surface area contributed by atoms with Crippen molar-refractivity contribution in [1.82, 2.24) is 10.2 Å². The third-order valence-corrected chi connectivity index (χ3v) is 5.18. The summed E-state index contributed by atoms with van der Waals surface area (Å²) in [6.07, 6.45) is -8.88. The molecule has 0 aromatic heterocycles. The van der Waals surface area contributed by atoms with Crippen LogP contribution in [0.25, 0.3) is 0 Å². The molecule has 1 saturated heterocycles. The van der Waals surface area contributed by atoms with Crippen molar-refractivity contribution in [3.63, 3.8) is 0 Å². The normalized spacial score (nSPS) is 19.7. The molecule has 1 N–H and O–H groups in total. The van der Waals surface area contributed by atoms with Crippen molar-refractivity contribution in [2.45, 2.75) is 57.7 Å². The quantitative estimate of drug-likeness (QED) is 0.503. The van der Waals surface area contributed by atoms with E-state index in [9.17, 15) is 26.3 Å². The Morgan fingerprint density at radius 1 is 0.938 bits per heavy atom. The molecule has 2 aromatic rings. The lowest BCUT2D eigenvalue weighted by molar-refractivity contribution is -0.275. The van der Waals surface area contributed by atoms with Crippen molar-refractivity contribution >= 4 is 0 Å². The fourth-order valence-electron chi connectivity index (χ4n) is 3.73. The van der Waals surface area contributed by atoms with E-state index in [-0.39, 0.29) is 36.2 Å². The number of hydrogen-bond donors (Lipinski definition) is 1. The Bertz CT molecular complexity index is 883. The van der Waals surface area contributed by atoms with Crippen molar-refractivity contribution in [2.24, 2.45) is 0 Å². The highest BCUT2D eigenvalue weighted by molar-refractivity contribution is 5.35. The smallest absolute Gasteiger partial charge is 0.406 e. The molecule has 1 fully saturated rings. The molecule has 0 amide bonds. The zero-order valence-electron chi connectivity index (χ0n) is 17.5. The zero-order valence-corrected chi connectivity index (χ0v) is 17.5. The number of nitrogens with one attached hydrogen (secondary N) is 1. The summed E-state index contributed by atoms with van der Waals surface area (Å²) in [4.78, 5) is 2.02. The van der Waals surface area contributed by atoms with Crippen LogP contribution < -0.4 is 14.8 Å². The van der Waals surface area contributed by atoms with Crippen LogP contribution in [0.1, 0.15) is 37.4 Å². The van der Waals surface area contributed by atoms with Crippen LogP contribution in [0.3, 0.4) is 0 Å². The SMILES string of the molecule is CC(C)NC[C@@H]1C[C@H](c2ccc(OC(F)(F)F)cc2)N1Cc1ccccc1OC(F)(F)F. The van der Waals surface area contributed by atoms with Gasteiger partial charge in [0.05, 0.1) is 0 Å². The summed E-state index contributed by atoms with van der Waals surface area (Å²) < 4.78 is 83.7. The monoisotopic (exact) mass is 462 g/mol. The molecular formula is C22H24F6N2O2. The van der Waals surface area contributed by atoms with E-state index in [1.165, 1.54) is 24.3 Å². The van der Waals surface area contributed by atoms with Gasteiger partial charge in [0.15, 0.2) is 0 Å². The van der Waals surface area contributed by atoms with Crippen LogP contribution in [0.4, 0.5) is 26.3 Å². The minimum Gasteiger partial charge on any atom is -0.406 e. The first kappa shape index (κ1) is 24.2. The van der Waals surface area contributed by atoms with Crippen molar-refractivity contribution in [3.8, 4) is 11.5 Å². The molecule has 1 aliphatic heterocycles. The lowest BCUT2D eigenvalue weighted by Crippen LogP contribution is -2.54. The number of nitrogens with zero attached hydrogens (tertiary/aromatic N) is 1. The second-order valence-electron chi connectivity index (χ2n) is 7.91. The number of benzene rings is 2. The topological polar surface area (TPSA) is 33.7 Å². The van der Waals surface area contributed by atoms with Gasteiger partial charge < -0.3 is 14.8 Å². The lowest BCUT2D eigenvalue weighted by Gasteiger charge is -2.49. The van der Waals surface area contributed by atoms with Gasteiger partial charge in [0.1, 0.15) is 11.5 Å². The van der Waals surface area contributed by atoms with Gasteiger partial charge in [0.2, 0.25) is 0 Å². The zero-order chi connectivity index (χ0) is 23.5. The molecule has 0 radical (unpaired) electrons. The molecule has 0 bridgehead atoms. The Morgan fingerprint density at radius 2 is 1.56 bits per heavy atom. The number of para-hydroxylation sites is 1. The van der Waals surface area contributed by atoms with Crippen LogP contribution in [0.5, 0.6) is 11.5 Å².